The van der Waals surface area contributed by atoms with Gasteiger partial charge in [0.05, 0.1) is 22.1 Å². The number of fused-ring (bicyclic) bond motifs is 6. The van der Waals surface area contributed by atoms with Crippen molar-refractivity contribution in [1.29, 1.82) is 0 Å². The second-order valence-electron chi connectivity index (χ2n) is 15.9. The standard InChI is InChI=1S/C54H42N2/c1-54(2,3)43-30-33-53-49(36-43)48-35-42(29-32-52(48)56(53)45-14-8-5-9-15-45)40-26-22-38(23-27-40)19-18-37-20-24-39(25-21-37)41-28-31-51-47(34-41)46-16-10-11-17-50(46)55(51)44-12-6-4-7-13-44/h4-36H,1-3H3. The molecule has 268 valence electrons. The molecule has 0 saturated heterocycles. The zero-order chi connectivity index (χ0) is 37.8. The van der Waals surface area contributed by atoms with Crippen molar-refractivity contribution in [2.24, 2.45) is 0 Å². The number of rotatable bonds is 6. The largest absolute Gasteiger partial charge is 0.309 e. The molecular formula is C54H42N2. The Labute approximate surface area is 328 Å². The Hall–Kier alpha value is -6.90. The molecular weight excluding hydrogens is 677 g/mol. The van der Waals surface area contributed by atoms with E-state index in [0.717, 1.165) is 0 Å². The van der Waals surface area contributed by atoms with Crippen molar-refractivity contribution in [3.05, 3.63) is 205 Å². The van der Waals surface area contributed by atoms with Gasteiger partial charge >= 0.3 is 0 Å². The third kappa shape index (κ3) is 5.91. The second kappa shape index (κ2) is 13.4. The van der Waals surface area contributed by atoms with E-state index in [0.29, 0.717) is 0 Å². The van der Waals surface area contributed by atoms with E-state index in [4.69, 9.17) is 0 Å². The first-order valence-corrected chi connectivity index (χ1v) is 19.5. The molecule has 0 amide bonds. The zero-order valence-corrected chi connectivity index (χ0v) is 31.9. The Balaban J connectivity index is 0.919. The van der Waals surface area contributed by atoms with Crippen molar-refractivity contribution in [3.63, 3.8) is 0 Å². The molecule has 2 aromatic heterocycles. The highest BCUT2D eigenvalue weighted by Gasteiger charge is 2.19. The van der Waals surface area contributed by atoms with Crippen molar-refractivity contribution in [3.8, 4) is 33.6 Å². The molecule has 0 aliphatic heterocycles. The molecule has 10 aromatic rings. The molecule has 0 saturated carbocycles. The highest BCUT2D eigenvalue weighted by atomic mass is 15.0. The first kappa shape index (κ1) is 33.7. The summed E-state index contributed by atoms with van der Waals surface area (Å²) in [7, 11) is 0. The van der Waals surface area contributed by atoms with Crippen LogP contribution in [0.2, 0.25) is 0 Å². The molecule has 2 heteroatoms. The molecule has 0 fully saturated rings. The molecule has 0 aliphatic rings. The Bertz CT molecular complexity index is 3060. The molecule has 0 radical (unpaired) electrons. The van der Waals surface area contributed by atoms with Crippen LogP contribution >= 0.6 is 0 Å². The van der Waals surface area contributed by atoms with Crippen LogP contribution in [0.3, 0.4) is 0 Å². The second-order valence-corrected chi connectivity index (χ2v) is 15.9. The van der Waals surface area contributed by atoms with E-state index in [-0.39, 0.29) is 5.41 Å². The molecule has 56 heavy (non-hydrogen) atoms. The van der Waals surface area contributed by atoms with E-state index < -0.39 is 0 Å². The van der Waals surface area contributed by atoms with Gasteiger partial charge in [0.2, 0.25) is 0 Å². The van der Waals surface area contributed by atoms with Crippen LogP contribution in [0.1, 0.15) is 37.5 Å². The fraction of sp³-hybridized carbons (Fsp3) is 0.0741. The van der Waals surface area contributed by atoms with Crippen molar-refractivity contribution >= 4 is 55.8 Å². The predicted molar refractivity (Wildman–Crippen MR) is 240 cm³/mol. The van der Waals surface area contributed by atoms with E-state index in [1.54, 1.807) is 0 Å². The highest BCUT2D eigenvalue weighted by Crippen LogP contribution is 2.38. The van der Waals surface area contributed by atoms with Gasteiger partial charge in [0, 0.05) is 32.9 Å². The van der Waals surface area contributed by atoms with Gasteiger partial charge in [-0.1, -0.05) is 154 Å². The van der Waals surface area contributed by atoms with Gasteiger partial charge in [-0.3, -0.25) is 0 Å². The van der Waals surface area contributed by atoms with Crippen LogP contribution in [0.25, 0.3) is 89.4 Å². The Kier molecular flexibility index (Phi) is 8.08. The van der Waals surface area contributed by atoms with Crippen LogP contribution in [-0.2, 0) is 5.41 Å². The van der Waals surface area contributed by atoms with Crippen LogP contribution in [0, 0.1) is 0 Å². The number of hydrogen-bond donors (Lipinski definition) is 0. The average Bonchev–Trinajstić information content (AvgIpc) is 3.75. The normalized spacial score (nSPS) is 12.1. The van der Waals surface area contributed by atoms with Gasteiger partial charge in [-0.25, -0.2) is 0 Å². The maximum Gasteiger partial charge on any atom is 0.0541 e. The summed E-state index contributed by atoms with van der Waals surface area (Å²) in [6.45, 7) is 6.86. The summed E-state index contributed by atoms with van der Waals surface area (Å²) in [6.07, 6.45) is 4.40. The minimum atomic E-state index is 0.0692. The van der Waals surface area contributed by atoms with E-state index in [1.807, 2.05) is 0 Å². The predicted octanol–water partition coefficient (Wildman–Crippen LogP) is 14.7. The van der Waals surface area contributed by atoms with Crippen LogP contribution in [0.4, 0.5) is 0 Å². The molecule has 0 spiro atoms. The topological polar surface area (TPSA) is 9.86 Å². The van der Waals surface area contributed by atoms with Gasteiger partial charge in [-0.2, -0.15) is 0 Å². The third-order valence-electron chi connectivity index (χ3n) is 11.3. The van der Waals surface area contributed by atoms with Crippen LogP contribution in [0.15, 0.2) is 188 Å². The van der Waals surface area contributed by atoms with Gasteiger partial charge in [0.25, 0.3) is 0 Å². The van der Waals surface area contributed by atoms with E-state index in [9.17, 15) is 0 Å². The molecule has 0 unspecified atom stereocenters. The summed E-state index contributed by atoms with van der Waals surface area (Å²) in [5.41, 5.74) is 15.9. The summed E-state index contributed by atoms with van der Waals surface area (Å²) in [6, 6.07) is 68.6. The number of nitrogens with zero attached hydrogens (tertiary/aromatic N) is 2. The molecule has 2 heterocycles. The average molecular weight is 719 g/mol. The van der Waals surface area contributed by atoms with Crippen LogP contribution in [0.5, 0.6) is 0 Å². The molecule has 0 N–H and O–H groups in total. The van der Waals surface area contributed by atoms with Gasteiger partial charge < -0.3 is 9.13 Å². The Morgan fingerprint density at radius 2 is 0.732 bits per heavy atom. The monoisotopic (exact) mass is 718 g/mol. The molecule has 10 rings (SSSR count). The first-order chi connectivity index (χ1) is 27.4. The minimum Gasteiger partial charge on any atom is -0.309 e. The van der Waals surface area contributed by atoms with Crippen molar-refractivity contribution < 1.29 is 0 Å². The molecule has 0 aliphatic carbocycles. The van der Waals surface area contributed by atoms with Crippen molar-refractivity contribution in [2.75, 3.05) is 0 Å². The maximum atomic E-state index is 2.39. The summed E-state index contributed by atoms with van der Waals surface area (Å²) < 4.78 is 4.76. The lowest BCUT2D eigenvalue weighted by atomic mass is 9.86. The van der Waals surface area contributed by atoms with Gasteiger partial charge in [0.1, 0.15) is 0 Å². The van der Waals surface area contributed by atoms with Crippen LogP contribution < -0.4 is 0 Å². The molecule has 0 atom stereocenters. The fourth-order valence-corrected chi connectivity index (χ4v) is 8.30. The zero-order valence-electron chi connectivity index (χ0n) is 31.9. The SMILES string of the molecule is CC(C)(C)c1ccc2c(c1)c1cc(-c3ccc(C=Cc4ccc(-c5ccc6c(c5)c5ccccc5n6-c5ccccc5)cc4)cc3)ccc1n2-c1ccccc1. The van der Waals surface area contributed by atoms with Gasteiger partial charge in [-0.05, 0) is 111 Å². The lowest BCUT2D eigenvalue weighted by Crippen LogP contribution is -2.10. The number of aromatic nitrogens is 2. The number of hydrogen-bond acceptors (Lipinski definition) is 0. The Morgan fingerprint density at radius 1 is 0.339 bits per heavy atom. The third-order valence-corrected chi connectivity index (χ3v) is 11.3. The summed E-state index contributed by atoms with van der Waals surface area (Å²) in [5, 5.41) is 5.10. The molecule has 8 aromatic carbocycles. The van der Waals surface area contributed by atoms with E-state index >= 15 is 0 Å². The summed E-state index contributed by atoms with van der Waals surface area (Å²) in [5.74, 6) is 0. The lowest BCUT2D eigenvalue weighted by Gasteiger charge is -2.19. The number of benzene rings is 8. The fourth-order valence-electron chi connectivity index (χ4n) is 8.30. The van der Waals surface area contributed by atoms with E-state index in [2.05, 4.69) is 230 Å². The molecule has 0 bridgehead atoms. The quantitative estimate of drug-likeness (QED) is 0.152. The lowest BCUT2D eigenvalue weighted by molar-refractivity contribution is 0.591. The van der Waals surface area contributed by atoms with Crippen molar-refractivity contribution in [2.45, 2.75) is 26.2 Å². The summed E-state index contributed by atoms with van der Waals surface area (Å²) in [4.78, 5) is 0. The van der Waals surface area contributed by atoms with E-state index in [1.165, 1.54) is 93.9 Å². The van der Waals surface area contributed by atoms with Crippen LogP contribution in [-0.4, -0.2) is 9.13 Å². The minimum absolute atomic E-state index is 0.0692. The maximum absolute atomic E-state index is 2.39. The highest BCUT2D eigenvalue weighted by molar-refractivity contribution is 6.11. The van der Waals surface area contributed by atoms with Crippen molar-refractivity contribution in [1.82, 2.24) is 9.13 Å². The smallest absolute Gasteiger partial charge is 0.0541 e. The molecule has 2 nitrogen and oxygen atoms in total. The van der Waals surface area contributed by atoms with Gasteiger partial charge in [0.15, 0.2) is 0 Å². The van der Waals surface area contributed by atoms with Gasteiger partial charge in [-0.15, -0.1) is 0 Å². The Morgan fingerprint density at radius 3 is 1.23 bits per heavy atom. The summed E-state index contributed by atoms with van der Waals surface area (Å²) >= 11 is 0. The number of para-hydroxylation sites is 3. The first-order valence-electron chi connectivity index (χ1n) is 19.5.